The Kier molecular flexibility index (Phi) is 5.82. The van der Waals surface area contributed by atoms with Crippen LogP contribution in [0.3, 0.4) is 0 Å². The van der Waals surface area contributed by atoms with Gasteiger partial charge in [-0.2, -0.15) is 5.10 Å². The first kappa shape index (κ1) is 16.6. The second kappa shape index (κ2) is 8.05. The van der Waals surface area contributed by atoms with Crippen LogP contribution in [0.2, 0.25) is 5.02 Å². The molecule has 2 aromatic carbocycles. The lowest BCUT2D eigenvalue weighted by molar-refractivity contribution is -0.384. The smallest absolute Gasteiger partial charge is 0.273 e. The largest absolute Gasteiger partial charge is 0.288 e. The van der Waals surface area contributed by atoms with Crippen LogP contribution >= 0.6 is 11.6 Å². The lowest BCUT2D eigenvalue weighted by atomic mass is 10.1. The van der Waals surface area contributed by atoms with Crippen molar-refractivity contribution in [1.82, 2.24) is 5.43 Å². The van der Waals surface area contributed by atoms with Crippen molar-refractivity contribution in [2.45, 2.75) is 12.8 Å². The fourth-order valence-electron chi connectivity index (χ4n) is 1.89. The van der Waals surface area contributed by atoms with E-state index in [-0.39, 0.29) is 16.6 Å². The van der Waals surface area contributed by atoms with Crippen LogP contribution in [-0.2, 0) is 11.2 Å². The van der Waals surface area contributed by atoms with E-state index in [1.165, 1.54) is 18.3 Å². The molecular weight excluding hydrogens is 318 g/mol. The van der Waals surface area contributed by atoms with Gasteiger partial charge < -0.3 is 0 Å². The van der Waals surface area contributed by atoms with Crippen molar-refractivity contribution < 1.29 is 9.72 Å². The summed E-state index contributed by atoms with van der Waals surface area (Å²) >= 11 is 5.72. The minimum absolute atomic E-state index is 0.0547. The molecule has 0 saturated carbocycles. The Balaban J connectivity index is 1.87. The summed E-state index contributed by atoms with van der Waals surface area (Å²) in [7, 11) is 0. The highest BCUT2D eigenvalue weighted by Crippen LogP contribution is 2.24. The summed E-state index contributed by atoms with van der Waals surface area (Å²) in [6.07, 6.45) is 2.26. The number of nitrogens with one attached hydrogen (secondary N) is 1. The van der Waals surface area contributed by atoms with E-state index >= 15 is 0 Å². The average molecular weight is 332 g/mol. The van der Waals surface area contributed by atoms with Gasteiger partial charge in [-0.25, -0.2) is 5.43 Å². The summed E-state index contributed by atoms with van der Waals surface area (Å²) in [6.45, 7) is 0. The Morgan fingerprint density at radius 1 is 1.26 bits per heavy atom. The monoisotopic (exact) mass is 331 g/mol. The number of benzene rings is 2. The topological polar surface area (TPSA) is 84.6 Å². The molecule has 2 rings (SSSR count). The first-order valence-corrected chi connectivity index (χ1v) is 7.24. The number of hydrogen-bond donors (Lipinski definition) is 1. The molecule has 23 heavy (non-hydrogen) atoms. The Labute approximate surface area is 137 Å². The van der Waals surface area contributed by atoms with Gasteiger partial charge in [-0.1, -0.05) is 48.0 Å². The van der Waals surface area contributed by atoms with E-state index in [1.807, 2.05) is 30.3 Å². The fraction of sp³-hybridized carbons (Fsp3) is 0.125. The number of rotatable bonds is 6. The van der Waals surface area contributed by atoms with Crippen LogP contribution in [-0.4, -0.2) is 17.0 Å². The van der Waals surface area contributed by atoms with E-state index in [0.717, 1.165) is 5.56 Å². The molecule has 118 valence electrons. The van der Waals surface area contributed by atoms with E-state index in [2.05, 4.69) is 10.5 Å². The first-order chi connectivity index (χ1) is 11.1. The Morgan fingerprint density at radius 3 is 2.70 bits per heavy atom. The van der Waals surface area contributed by atoms with Crippen LogP contribution in [0.25, 0.3) is 0 Å². The summed E-state index contributed by atoms with van der Waals surface area (Å²) in [5, 5.41) is 14.6. The Morgan fingerprint density at radius 2 is 2.00 bits per heavy atom. The second-order valence-corrected chi connectivity index (χ2v) is 5.15. The van der Waals surface area contributed by atoms with Crippen molar-refractivity contribution in [1.29, 1.82) is 0 Å². The summed E-state index contributed by atoms with van der Waals surface area (Å²) in [4.78, 5) is 21.9. The average Bonchev–Trinajstić information content (AvgIpc) is 2.55. The predicted octanol–water partition coefficient (Wildman–Crippen LogP) is 3.33. The van der Waals surface area contributed by atoms with Crippen LogP contribution in [0.4, 0.5) is 5.69 Å². The molecule has 0 bridgehead atoms. The Bertz CT molecular complexity index is 733. The highest BCUT2D eigenvalue weighted by Gasteiger charge is 2.11. The standard InChI is InChI=1S/C16H14ClN3O3/c17-14-8-6-13(10-15(14)20(22)23)11-18-19-16(21)9-7-12-4-2-1-3-5-12/h1-6,8,10-11H,7,9H2,(H,19,21)/b18-11+. The molecule has 1 N–H and O–H groups in total. The molecule has 1 amide bonds. The number of nitro groups is 1. The first-order valence-electron chi connectivity index (χ1n) is 6.86. The summed E-state index contributed by atoms with van der Waals surface area (Å²) in [6, 6.07) is 13.9. The number of nitrogens with zero attached hydrogens (tertiary/aromatic N) is 2. The second-order valence-electron chi connectivity index (χ2n) is 4.75. The van der Waals surface area contributed by atoms with E-state index in [0.29, 0.717) is 18.4 Å². The summed E-state index contributed by atoms with van der Waals surface area (Å²) in [5.41, 5.74) is 3.74. The molecule has 7 heteroatoms. The molecule has 0 heterocycles. The molecule has 0 aliphatic heterocycles. The number of carbonyl (C=O) groups is 1. The van der Waals surface area contributed by atoms with Gasteiger partial charge in [0.15, 0.2) is 0 Å². The summed E-state index contributed by atoms with van der Waals surface area (Å²) in [5.74, 6) is -0.228. The molecule has 0 aliphatic rings. The summed E-state index contributed by atoms with van der Waals surface area (Å²) < 4.78 is 0. The van der Waals surface area contributed by atoms with Gasteiger partial charge >= 0.3 is 0 Å². The minimum atomic E-state index is -0.571. The Hall–Kier alpha value is -2.73. The van der Waals surface area contributed by atoms with E-state index in [9.17, 15) is 14.9 Å². The third-order valence-electron chi connectivity index (χ3n) is 3.05. The number of hydrogen-bond acceptors (Lipinski definition) is 4. The zero-order valence-corrected chi connectivity index (χ0v) is 12.9. The lowest BCUT2D eigenvalue weighted by Gasteiger charge is -2.01. The number of amides is 1. The molecule has 0 atom stereocenters. The van der Waals surface area contributed by atoms with Crippen molar-refractivity contribution >= 4 is 29.4 Å². The van der Waals surface area contributed by atoms with Crippen molar-refractivity contribution in [3.8, 4) is 0 Å². The SMILES string of the molecule is O=C(CCc1ccccc1)N/N=C/c1ccc(Cl)c([N+](=O)[O-])c1. The molecule has 0 spiro atoms. The van der Waals surface area contributed by atoms with Crippen molar-refractivity contribution in [2.75, 3.05) is 0 Å². The zero-order chi connectivity index (χ0) is 16.7. The van der Waals surface area contributed by atoms with Crippen LogP contribution in [0.1, 0.15) is 17.5 Å². The van der Waals surface area contributed by atoms with Crippen molar-refractivity contribution in [3.05, 3.63) is 74.8 Å². The van der Waals surface area contributed by atoms with Crippen molar-refractivity contribution in [3.63, 3.8) is 0 Å². The third kappa shape index (κ3) is 5.19. The van der Waals surface area contributed by atoms with Gasteiger partial charge in [0.25, 0.3) is 5.69 Å². The lowest BCUT2D eigenvalue weighted by Crippen LogP contribution is -2.17. The molecule has 2 aromatic rings. The van der Waals surface area contributed by atoms with E-state index in [1.54, 1.807) is 6.07 Å². The minimum Gasteiger partial charge on any atom is -0.273 e. The molecule has 0 unspecified atom stereocenters. The molecular formula is C16H14ClN3O3. The number of aryl methyl sites for hydroxylation is 1. The molecule has 6 nitrogen and oxygen atoms in total. The quantitative estimate of drug-likeness (QED) is 0.500. The molecule has 0 aliphatic carbocycles. The maximum Gasteiger partial charge on any atom is 0.288 e. The van der Waals surface area contributed by atoms with Gasteiger partial charge in [-0.05, 0) is 18.1 Å². The highest BCUT2D eigenvalue weighted by molar-refractivity contribution is 6.32. The molecule has 0 aromatic heterocycles. The fourth-order valence-corrected chi connectivity index (χ4v) is 2.07. The van der Waals surface area contributed by atoms with Gasteiger partial charge in [0.05, 0.1) is 11.1 Å². The van der Waals surface area contributed by atoms with Gasteiger partial charge in [0, 0.05) is 18.1 Å². The van der Waals surface area contributed by atoms with Gasteiger partial charge in [-0.3, -0.25) is 14.9 Å². The molecule has 0 fully saturated rings. The van der Waals surface area contributed by atoms with Gasteiger partial charge in [0.2, 0.25) is 5.91 Å². The maximum absolute atomic E-state index is 11.7. The number of carbonyl (C=O) groups excluding carboxylic acids is 1. The maximum atomic E-state index is 11.7. The van der Waals surface area contributed by atoms with Crippen LogP contribution in [0.15, 0.2) is 53.6 Å². The number of halogens is 1. The normalized spacial score (nSPS) is 10.7. The van der Waals surface area contributed by atoms with Crippen LogP contribution in [0, 0.1) is 10.1 Å². The number of hydrazone groups is 1. The van der Waals surface area contributed by atoms with Gasteiger partial charge in [-0.15, -0.1) is 0 Å². The molecule has 0 radical (unpaired) electrons. The molecule has 0 saturated heterocycles. The van der Waals surface area contributed by atoms with E-state index in [4.69, 9.17) is 11.6 Å². The van der Waals surface area contributed by atoms with Crippen LogP contribution < -0.4 is 5.43 Å². The van der Waals surface area contributed by atoms with Gasteiger partial charge in [0.1, 0.15) is 5.02 Å². The highest BCUT2D eigenvalue weighted by atomic mass is 35.5. The predicted molar refractivity (Wildman–Crippen MR) is 88.6 cm³/mol. The van der Waals surface area contributed by atoms with Crippen molar-refractivity contribution in [2.24, 2.45) is 5.10 Å². The van der Waals surface area contributed by atoms with E-state index < -0.39 is 4.92 Å². The zero-order valence-electron chi connectivity index (χ0n) is 12.1. The van der Waals surface area contributed by atoms with Crippen LogP contribution in [0.5, 0.6) is 0 Å². The number of nitro benzene ring substituents is 1. The third-order valence-corrected chi connectivity index (χ3v) is 3.37.